The second kappa shape index (κ2) is 8.82. The molecule has 0 aliphatic carbocycles. The van der Waals surface area contributed by atoms with Gasteiger partial charge in [0, 0.05) is 53.2 Å². The maximum absolute atomic E-state index is 12.1. The normalized spacial score (nSPS) is 16.0. The van der Waals surface area contributed by atoms with Crippen molar-refractivity contribution in [1.29, 1.82) is 0 Å². The number of sulfonamides is 1. The van der Waals surface area contributed by atoms with E-state index in [1.807, 2.05) is 0 Å². The summed E-state index contributed by atoms with van der Waals surface area (Å²) in [5.41, 5.74) is 0. The summed E-state index contributed by atoms with van der Waals surface area (Å²) in [5, 5.41) is 3.15. The molecule has 9 heteroatoms. The van der Waals surface area contributed by atoms with E-state index in [1.54, 1.807) is 49.2 Å². The molecule has 25 heavy (non-hydrogen) atoms. The van der Waals surface area contributed by atoms with E-state index in [0.717, 1.165) is 0 Å². The predicted molar refractivity (Wildman–Crippen MR) is 96.8 cm³/mol. The molecule has 0 aromatic heterocycles. The number of rotatable bonds is 5. The second-order valence-corrected chi connectivity index (χ2v) is 7.44. The van der Waals surface area contributed by atoms with Crippen LogP contribution in [0, 0.1) is 0 Å². The van der Waals surface area contributed by atoms with Gasteiger partial charge in [-0.3, -0.25) is 9.79 Å². The molecule has 2 rings (SSSR count). The maximum Gasteiger partial charge on any atom is 0.240 e. The highest BCUT2D eigenvalue weighted by Gasteiger charge is 2.20. The lowest BCUT2D eigenvalue weighted by Gasteiger charge is -2.36. The molecule has 2 N–H and O–H groups in total. The van der Waals surface area contributed by atoms with E-state index in [4.69, 9.17) is 0 Å². The minimum Gasteiger partial charge on any atom is -0.355 e. The zero-order valence-electron chi connectivity index (χ0n) is 14.6. The van der Waals surface area contributed by atoms with Crippen LogP contribution in [-0.2, 0) is 14.8 Å². The number of carbonyl (C=O) groups is 1. The quantitative estimate of drug-likeness (QED) is 0.424. The highest BCUT2D eigenvalue weighted by Crippen LogP contribution is 2.06. The fourth-order valence-corrected chi connectivity index (χ4v) is 3.66. The maximum atomic E-state index is 12.1. The van der Waals surface area contributed by atoms with Crippen molar-refractivity contribution in [1.82, 2.24) is 19.8 Å². The van der Waals surface area contributed by atoms with Gasteiger partial charge in [0.25, 0.3) is 0 Å². The average Bonchev–Trinajstić information content (AvgIpc) is 2.62. The van der Waals surface area contributed by atoms with Gasteiger partial charge in [0.15, 0.2) is 5.96 Å². The number of piperazine rings is 1. The molecular formula is C16H25N5O3S. The Morgan fingerprint density at radius 2 is 1.68 bits per heavy atom. The van der Waals surface area contributed by atoms with Crippen molar-refractivity contribution in [2.75, 3.05) is 46.3 Å². The number of amides is 1. The van der Waals surface area contributed by atoms with Crippen LogP contribution >= 0.6 is 0 Å². The lowest BCUT2D eigenvalue weighted by molar-refractivity contribution is -0.130. The molecule has 0 atom stereocenters. The molecule has 0 unspecified atom stereocenters. The van der Waals surface area contributed by atoms with Crippen molar-refractivity contribution in [2.24, 2.45) is 4.99 Å². The lowest BCUT2D eigenvalue weighted by atomic mass is 10.3. The highest BCUT2D eigenvalue weighted by atomic mass is 32.2. The Labute approximate surface area is 149 Å². The van der Waals surface area contributed by atoms with Gasteiger partial charge < -0.3 is 15.1 Å². The molecule has 8 nitrogen and oxygen atoms in total. The van der Waals surface area contributed by atoms with E-state index in [1.165, 1.54) is 0 Å². The van der Waals surface area contributed by atoms with Gasteiger partial charge in [-0.05, 0) is 12.1 Å². The number of carbonyl (C=O) groups excluding carboxylic acids is 1. The number of hydrogen-bond donors (Lipinski definition) is 2. The topological polar surface area (TPSA) is 94.1 Å². The third-order valence-corrected chi connectivity index (χ3v) is 5.47. The Bertz CT molecular complexity index is 698. The third-order valence-electron chi connectivity index (χ3n) is 3.99. The van der Waals surface area contributed by atoms with Crippen molar-refractivity contribution in [3.63, 3.8) is 0 Å². The van der Waals surface area contributed by atoms with Crippen molar-refractivity contribution in [2.45, 2.75) is 11.8 Å². The van der Waals surface area contributed by atoms with Crippen molar-refractivity contribution in [3.8, 4) is 0 Å². The van der Waals surface area contributed by atoms with Gasteiger partial charge >= 0.3 is 0 Å². The van der Waals surface area contributed by atoms with Gasteiger partial charge in [0.2, 0.25) is 15.9 Å². The van der Waals surface area contributed by atoms with Gasteiger partial charge in [0.05, 0.1) is 4.90 Å². The predicted octanol–water partition coefficient (Wildman–Crippen LogP) is -0.296. The summed E-state index contributed by atoms with van der Waals surface area (Å²) in [4.78, 5) is 19.7. The summed E-state index contributed by atoms with van der Waals surface area (Å²) in [5.74, 6) is 0.792. The Kier molecular flexibility index (Phi) is 6.77. The largest absolute Gasteiger partial charge is 0.355 e. The van der Waals surface area contributed by atoms with Crippen LogP contribution in [0.5, 0.6) is 0 Å². The molecule has 0 radical (unpaired) electrons. The minimum absolute atomic E-state index is 0.0814. The second-order valence-electron chi connectivity index (χ2n) is 5.68. The number of nitrogens with one attached hydrogen (secondary N) is 2. The molecule has 1 aliphatic heterocycles. The van der Waals surface area contributed by atoms with Crippen LogP contribution in [0.25, 0.3) is 0 Å². The van der Waals surface area contributed by atoms with Crippen LogP contribution in [0.2, 0.25) is 0 Å². The van der Waals surface area contributed by atoms with Crippen LogP contribution in [0.4, 0.5) is 0 Å². The molecule has 1 aromatic rings. The fraction of sp³-hybridized carbons (Fsp3) is 0.500. The van der Waals surface area contributed by atoms with Gasteiger partial charge in [-0.1, -0.05) is 18.2 Å². The number of nitrogens with zero attached hydrogens (tertiary/aromatic N) is 3. The average molecular weight is 367 g/mol. The van der Waals surface area contributed by atoms with Crippen LogP contribution in [0.1, 0.15) is 6.92 Å². The minimum atomic E-state index is -3.49. The Morgan fingerprint density at radius 1 is 1.08 bits per heavy atom. The summed E-state index contributed by atoms with van der Waals surface area (Å²) < 4.78 is 26.8. The number of hydrogen-bond acceptors (Lipinski definition) is 4. The van der Waals surface area contributed by atoms with Crippen molar-refractivity contribution >= 4 is 21.9 Å². The number of aliphatic imine (C=N–C) groups is 1. The van der Waals surface area contributed by atoms with Gasteiger partial charge in [-0.2, -0.15) is 0 Å². The molecule has 1 aliphatic rings. The van der Waals surface area contributed by atoms with E-state index < -0.39 is 10.0 Å². The number of benzene rings is 1. The zero-order valence-corrected chi connectivity index (χ0v) is 15.4. The monoisotopic (exact) mass is 367 g/mol. The van der Waals surface area contributed by atoms with E-state index in [2.05, 4.69) is 19.9 Å². The Balaban J connectivity index is 1.78. The lowest BCUT2D eigenvalue weighted by Crippen LogP contribution is -2.54. The van der Waals surface area contributed by atoms with Crippen LogP contribution < -0.4 is 10.0 Å². The molecule has 1 saturated heterocycles. The first-order valence-electron chi connectivity index (χ1n) is 8.20. The number of guanidine groups is 1. The smallest absolute Gasteiger partial charge is 0.240 e. The first kappa shape index (κ1) is 19.2. The summed E-state index contributed by atoms with van der Waals surface area (Å²) in [6.07, 6.45) is 0. The molecule has 1 amide bonds. The molecule has 1 heterocycles. The van der Waals surface area contributed by atoms with Crippen molar-refractivity contribution < 1.29 is 13.2 Å². The summed E-state index contributed by atoms with van der Waals surface area (Å²) >= 11 is 0. The van der Waals surface area contributed by atoms with E-state index in [0.29, 0.717) is 38.7 Å². The zero-order chi connectivity index (χ0) is 18.3. The summed E-state index contributed by atoms with van der Waals surface area (Å²) in [6.45, 7) is 4.98. The molecule has 0 spiro atoms. The molecule has 1 aromatic carbocycles. The first-order valence-corrected chi connectivity index (χ1v) is 9.68. The van der Waals surface area contributed by atoms with Crippen LogP contribution in [0.3, 0.4) is 0 Å². The van der Waals surface area contributed by atoms with E-state index in [9.17, 15) is 13.2 Å². The van der Waals surface area contributed by atoms with Gasteiger partial charge in [0.1, 0.15) is 0 Å². The highest BCUT2D eigenvalue weighted by molar-refractivity contribution is 7.89. The van der Waals surface area contributed by atoms with E-state index in [-0.39, 0.29) is 17.3 Å². The first-order chi connectivity index (χ1) is 11.9. The standard InChI is InChI=1S/C16H25N5O3S/c1-14(22)20-10-12-21(13-11-20)16(17-2)18-8-9-19-25(23,24)15-6-4-3-5-7-15/h3-7,19H,8-13H2,1-2H3,(H,17,18). The van der Waals surface area contributed by atoms with Gasteiger partial charge in [-0.25, -0.2) is 13.1 Å². The summed E-state index contributed by atoms with van der Waals surface area (Å²) in [6, 6.07) is 8.27. The van der Waals surface area contributed by atoms with E-state index >= 15 is 0 Å². The molecule has 0 bridgehead atoms. The molecule has 1 fully saturated rings. The van der Waals surface area contributed by atoms with Crippen LogP contribution in [0.15, 0.2) is 40.2 Å². The SMILES string of the molecule is CN=C(NCCNS(=O)(=O)c1ccccc1)N1CCN(C(C)=O)CC1. The van der Waals surface area contributed by atoms with Crippen molar-refractivity contribution in [3.05, 3.63) is 30.3 Å². The third kappa shape index (κ3) is 5.43. The summed E-state index contributed by atoms with van der Waals surface area (Å²) in [7, 11) is -1.81. The Hall–Kier alpha value is -2.13. The molecule has 0 saturated carbocycles. The molecular weight excluding hydrogens is 342 g/mol. The Morgan fingerprint density at radius 3 is 2.24 bits per heavy atom. The molecule has 138 valence electrons. The fourth-order valence-electron chi connectivity index (χ4n) is 2.61. The van der Waals surface area contributed by atoms with Crippen LogP contribution in [-0.4, -0.2) is 76.4 Å². The van der Waals surface area contributed by atoms with Gasteiger partial charge in [-0.15, -0.1) is 0 Å².